The number of carbonyl (C=O) groups is 2. The van der Waals surface area contributed by atoms with E-state index >= 15 is 0 Å². The number of hydrogen-bond donors (Lipinski definition) is 0. The molecular weight excluding hydrogens is 636 g/mol. The largest absolute Gasteiger partial charge is 0.422 e. The number of nitriles is 2. The highest BCUT2D eigenvalue weighted by molar-refractivity contribution is 5.99. The van der Waals surface area contributed by atoms with E-state index in [1.807, 2.05) is 84.9 Å². The molecule has 0 saturated heterocycles. The van der Waals surface area contributed by atoms with Crippen molar-refractivity contribution in [3.05, 3.63) is 130 Å². The maximum absolute atomic E-state index is 12.9. The molecule has 0 aliphatic carbocycles. The van der Waals surface area contributed by atoms with Gasteiger partial charge in [0.25, 0.3) is 0 Å². The van der Waals surface area contributed by atoms with E-state index in [2.05, 4.69) is 51.3 Å². The van der Waals surface area contributed by atoms with E-state index in [1.165, 1.54) is 12.2 Å². The fraction of sp³-hybridized carbons (Fsp3) is 0.256. The van der Waals surface area contributed by atoms with Crippen molar-refractivity contribution in [3.63, 3.8) is 0 Å². The van der Waals surface area contributed by atoms with Crippen molar-refractivity contribution in [2.24, 2.45) is 0 Å². The second-order valence-electron chi connectivity index (χ2n) is 12.3. The minimum Gasteiger partial charge on any atom is -0.422 e. The van der Waals surface area contributed by atoms with Gasteiger partial charge in [-0.25, -0.2) is 9.59 Å². The molecule has 4 aromatic rings. The van der Waals surface area contributed by atoms with Crippen LogP contribution >= 0.6 is 0 Å². The van der Waals surface area contributed by atoms with Gasteiger partial charge in [-0.1, -0.05) is 62.4 Å². The van der Waals surface area contributed by atoms with Gasteiger partial charge in [-0.15, -0.1) is 0 Å². The van der Waals surface area contributed by atoms with Crippen molar-refractivity contribution in [1.82, 2.24) is 0 Å². The van der Waals surface area contributed by atoms with Crippen molar-refractivity contribution < 1.29 is 19.1 Å². The van der Waals surface area contributed by atoms with Crippen LogP contribution in [0.25, 0.3) is 12.2 Å². The zero-order chi connectivity index (χ0) is 37.0. The number of carbonyl (C=O) groups excluding carboxylic acids is 2. The molecule has 260 valence electrons. The van der Waals surface area contributed by atoms with Gasteiger partial charge in [0.15, 0.2) is 0 Å². The van der Waals surface area contributed by atoms with Gasteiger partial charge < -0.3 is 19.3 Å². The van der Waals surface area contributed by atoms with Gasteiger partial charge in [0.05, 0.1) is 0 Å². The first-order chi connectivity index (χ1) is 24.6. The molecule has 0 bridgehead atoms. The lowest BCUT2D eigenvalue weighted by Crippen LogP contribution is -2.21. The summed E-state index contributed by atoms with van der Waals surface area (Å²) in [5.41, 5.74) is 4.88. The summed E-state index contributed by atoms with van der Waals surface area (Å²) in [5.74, 6) is -0.822. The van der Waals surface area contributed by atoms with Gasteiger partial charge in [0, 0.05) is 43.0 Å². The number of anilines is 2. The van der Waals surface area contributed by atoms with Crippen molar-refractivity contribution in [1.29, 1.82) is 10.5 Å². The molecule has 0 saturated carbocycles. The lowest BCUT2D eigenvalue weighted by atomic mass is 9.78. The van der Waals surface area contributed by atoms with Crippen LogP contribution in [0.2, 0.25) is 0 Å². The summed E-state index contributed by atoms with van der Waals surface area (Å²) >= 11 is 0. The molecule has 8 heteroatoms. The van der Waals surface area contributed by atoms with E-state index in [1.54, 1.807) is 24.3 Å². The van der Waals surface area contributed by atoms with Crippen LogP contribution < -0.4 is 19.3 Å². The summed E-state index contributed by atoms with van der Waals surface area (Å²) in [6, 6.07) is 33.6. The molecular formula is C43H44N4O4. The van der Waals surface area contributed by atoms with E-state index in [0.29, 0.717) is 11.5 Å². The number of ether oxygens (including phenoxy) is 2. The monoisotopic (exact) mass is 680 g/mol. The molecule has 4 rings (SSSR count). The average Bonchev–Trinajstić information content (AvgIpc) is 3.15. The van der Waals surface area contributed by atoms with Crippen molar-refractivity contribution in [2.45, 2.75) is 47.0 Å². The average molecular weight is 681 g/mol. The molecule has 0 aromatic heterocycles. The normalized spacial score (nSPS) is 11.6. The molecule has 8 nitrogen and oxygen atoms in total. The second kappa shape index (κ2) is 17.5. The Labute approximate surface area is 301 Å². The molecule has 0 amide bonds. The molecule has 0 aliphatic heterocycles. The Morgan fingerprint density at radius 1 is 0.569 bits per heavy atom. The van der Waals surface area contributed by atoms with Crippen LogP contribution in [-0.2, 0) is 15.0 Å². The van der Waals surface area contributed by atoms with E-state index in [9.17, 15) is 20.1 Å². The fourth-order valence-electron chi connectivity index (χ4n) is 5.72. The first-order valence-electron chi connectivity index (χ1n) is 17.2. The first-order valence-corrected chi connectivity index (χ1v) is 17.2. The third kappa shape index (κ3) is 9.53. The van der Waals surface area contributed by atoms with Crippen molar-refractivity contribution in [3.8, 4) is 23.6 Å². The smallest absolute Gasteiger partial charge is 0.354 e. The quantitative estimate of drug-likeness (QED) is 0.0563. The molecule has 4 aromatic carbocycles. The minimum absolute atomic E-state index is 0.0994. The predicted octanol–water partition coefficient (Wildman–Crippen LogP) is 8.73. The second-order valence-corrected chi connectivity index (χ2v) is 12.3. The Morgan fingerprint density at radius 2 is 0.882 bits per heavy atom. The van der Waals surface area contributed by atoms with Crippen LogP contribution in [0.5, 0.6) is 11.5 Å². The van der Waals surface area contributed by atoms with E-state index in [0.717, 1.165) is 59.8 Å². The Hall–Kier alpha value is -6.12. The third-order valence-electron chi connectivity index (χ3n) is 8.92. The SMILES string of the molecule is CCN(CC)c1ccc(/C=C(\C#N)C(=O)Oc2ccc(C(C)(C)c3ccc(OC(=O)/C(C#N)=C/c4ccc(N(CC)CC)cc4)cc3)cc2)cc1. The highest BCUT2D eigenvalue weighted by atomic mass is 16.5. The molecule has 0 atom stereocenters. The Balaban J connectivity index is 1.39. The summed E-state index contributed by atoms with van der Waals surface area (Å²) in [7, 11) is 0. The van der Waals surface area contributed by atoms with Gasteiger partial charge in [-0.3, -0.25) is 0 Å². The lowest BCUT2D eigenvalue weighted by molar-refractivity contribution is -0.130. The van der Waals surface area contributed by atoms with Crippen molar-refractivity contribution in [2.75, 3.05) is 36.0 Å². The highest BCUT2D eigenvalue weighted by Gasteiger charge is 2.24. The van der Waals surface area contributed by atoms with Gasteiger partial charge >= 0.3 is 11.9 Å². The molecule has 0 N–H and O–H groups in total. The number of esters is 2. The summed E-state index contributed by atoms with van der Waals surface area (Å²) in [6.07, 6.45) is 3.05. The summed E-state index contributed by atoms with van der Waals surface area (Å²) in [4.78, 5) is 30.1. The summed E-state index contributed by atoms with van der Waals surface area (Å²) in [5, 5.41) is 19.3. The maximum atomic E-state index is 12.9. The fourth-order valence-corrected chi connectivity index (χ4v) is 5.72. The molecule has 51 heavy (non-hydrogen) atoms. The highest BCUT2D eigenvalue weighted by Crippen LogP contribution is 2.33. The molecule has 0 spiro atoms. The zero-order valence-electron chi connectivity index (χ0n) is 30.1. The summed E-state index contributed by atoms with van der Waals surface area (Å²) in [6.45, 7) is 16.0. The van der Waals surface area contributed by atoms with Gasteiger partial charge in [0.2, 0.25) is 0 Å². The van der Waals surface area contributed by atoms with Crippen LogP contribution in [0.15, 0.2) is 108 Å². The van der Waals surface area contributed by atoms with Gasteiger partial charge in [0.1, 0.15) is 34.8 Å². The van der Waals surface area contributed by atoms with E-state index in [-0.39, 0.29) is 11.1 Å². The molecule has 0 fully saturated rings. The Morgan fingerprint density at radius 3 is 1.16 bits per heavy atom. The standard InChI is InChI=1S/C43H44N4O4/c1-7-46(8-2)37-19-11-31(12-20-37)27-33(29-44)41(48)50-39-23-15-35(16-24-39)43(5,6)36-17-25-40(26-18-36)51-42(49)34(30-45)28-32-13-21-38(22-14-32)47(9-3)10-4/h11-28H,7-10H2,1-6H3/b33-27+,34-28+. The molecule has 0 radical (unpaired) electrons. The number of rotatable bonds is 14. The predicted molar refractivity (Wildman–Crippen MR) is 203 cm³/mol. The molecule has 0 unspecified atom stereocenters. The van der Waals surface area contributed by atoms with Gasteiger partial charge in [-0.05, 0) is 111 Å². The number of nitrogens with zero attached hydrogens (tertiary/aromatic N) is 4. The summed E-state index contributed by atoms with van der Waals surface area (Å²) < 4.78 is 11.1. The third-order valence-corrected chi connectivity index (χ3v) is 8.92. The maximum Gasteiger partial charge on any atom is 0.354 e. The van der Waals surface area contributed by atoms with Crippen LogP contribution in [-0.4, -0.2) is 38.1 Å². The van der Waals surface area contributed by atoms with Crippen LogP contribution in [0.1, 0.15) is 63.8 Å². The van der Waals surface area contributed by atoms with Crippen LogP contribution in [0.4, 0.5) is 11.4 Å². The number of hydrogen-bond acceptors (Lipinski definition) is 8. The van der Waals surface area contributed by atoms with E-state index in [4.69, 9.17) is 9.47 Å². The topological polar surface area (TPSA) is 107 Å². The minimum atomic E-state index is -0.731. The van der Waals surface area contributed by atoms with Crippen LogP contribution in [0, 0.1) is 22.7 Å². The first kappa shape index (κ1) is 37.7. The van der Waals surface area contributed by atoms with Crippen molar-refractivity contribution >= 4 is 35.5 Å². The molecule has 0 aliphatic rings. The Kier molecular flexibility index (Phi) is 12.9. The molecule has 0 heterocycles. The van der Waals surface area contributed by atoms with E-state index < -0.39 is 17.4 Å². The van der Waals surface area contributed by atoms with Crippen LogP contribution in [0.3, 0.4) is 0 Å². The Bertz CT molecular complexity index is 1790. The lowest BCUT2D eigenvalue weighted by Gasteiger charge is -2.26. The van der Waals surface area contributed by atoms with Gasteiger partial charge in [-0.2, -0.15) is 10.5 Å². The number of benzene rings is 4. The zero-order valence-corrected chi connectivity index (χ0v) is 30.1.